The Morgan fingerprint density at radius 3 is 2.44 bits per heavy atom. The van der Waals surface area contributed by atoms with Gasteiger partial charge in [0.25, 0.3) is 0 Å². The topological polar surface area (TPSA) is 12.0 Å². The van der Waals surface area contributed by atoms with Gasteiger partial charge in [0.05, 0.1) is 0 Å². The summed E-state index contributed by atoms with van der Waals surface area (Å²) in [6.45, 7) is 15.5. The van der Waals surface area contributed by atoms with Crippen molar-refractivity contribution >= 4 is 0 Å². The quantitative estimate of drug-likeness (QED) is 0.712. The maximum Gasteiger partial charge on any atom is 0.0103 e. The molecule has 108 valence electrons. The Labute approximate surface area is 115 Å². The summed E-state index contributed by atoms with van der Waals surface area (Å²) >= 11 is 0. The van der Waals surface area contributed by atoms with Crippen LogP contribution in [0.2, 0.25) is 0 Å². The molecule has 0 bridgehead atoms. The molecule has 1 nitrogen and oxygen atoms in total. The third-order valence-electron chi connectivity index (χ3n) is 5.15. The summed E-state index contributed by atoms with van der Waals surface area (Å²) in [7, 11) is 0. The van der Waals surface area contributed by atoms with Crippen LogP contribution in [0.3, 0.4) is 0 Å². The van der Waals surface area contributed by atoms with E-state index in [9.17, 15) is 0 Å². The van der Waals surface area contributed by atoms with E-state index in [4.69, 9.17) is 0 Å². The average molecular weight is 253 g/mol. The van der Waals surface area contributed by atoms with Crippen molar-refractivity contribution in [3.63, 3.8) is 0 Å². The van der Waals surface area contributed by atoms with Gasteiger partial charge < -0.3 is 5.32 Å². The average Bonchev–Trinajstić information content (AvgIpc) is 2.28. The molecule has 1 fully saturated rings. The highest BCUT2D eigenvalue weighted by Crippen LogP contribution is 2.44. The fraction of sp³-hybridized carbons (Fsp3) is 1.00. The number of hydrogen-bond acceptors (Lipinski definition) is 1. The van der Waals surface area contributed by atoms with Crippen LogP contribution >= 0.6 is 0 Å². The van der Waals surface area contributed by atoms with E-state index in [2.05, 4.69) is 46.9 Å². The minimum atomic E-state index is 0.488. The molecule has 4 unspecified atom stereocenters. The van der Waals surface area contributed by atoms with Gasteiger partial charge in [0.2, 0.25) is 0 Å². The summed E-state index contributed by atoms with van der Waals surface area (Å²) < 4.78 is 0. The second kappa shape index (κ2) is 6.93. The molecule has 0 heterocycles. The van der Waals surface area contributed by atoms with Crippen molar-refractivity contribution in [2.24, 2.45) is 23.2 Å². The summed E-state index contributed by atoms with van der Waals surface area (Å²) in [6, 6.07) is 0.748. The van der Waals surface area contributed by atoms with E-state index in [1.807, 2.05) is 0 Å². The van der Waals surface area contributed by atoms with Crippen LogP contribution < -0.4 is 5.32 Å². The van der Waals surface area contributed by atoms with E-state index < -0.39 is 0 Å². The van der Waals surface area contributed by atoms with E-state index >= 15 is 0 Å². The number of rotatable bonds is 6. The Morgan fingerprint density at radius 1 is 1.22 bits per heavy atom. The van der Waals surface area contributed by atoms with E-state index in [1.54, 1.807) is 0 Å². The zero-order chi connectivity index (χ0) is 13.8. The molecule has 0 radical (unpaired) electrons. The molecule has 0 amide bonds. The minimum Gasteiger partial charge on any atom is -0.314 e. The minimum absolute atomic E-state index is 0.488. The van der Waals surface area contributed by atoms with Crippen LogP contribution in [0.25, 0.3) is 0 Å². The van der Waals surface area contributed by atoms with Crippen LogP contribution in [0.1, 0.15) is 73.6 Å². The molecule has 1 heteroatoms. The second-order valence-electron chi connectivity index (χ2n) is 7.40. The molecule has 18 heavy (non-hydrogen) atoms. The maximum absolute atomic E-state index is 3.76. The van der Waals surface area contributed by atoms with Crippen molar-refractivity contribution < 1.29 is 0 Å². The molecule has 0 aliphatic heterocycles. The van der Waals surface area contributed by atoms with Crippen molar-refractivity contribution in [3.8, 4) is 0 Å². The molecule has 1 N–H and O–H groups in total. The first-order valence-corrected chi connectivity index (χ1v) is 8.14. The predicted octanol–water partition coefficient (Wildman–Crippen LogP) is 4.86. The van der Waals surface area contributed by atoms with Crippen LogP contribution in [0, 0.1) is 23.2 Å². The standard InChI is InChI=1S/C17H35N/c1-7-13(3)12-17(5,6)15-10-9-14(4)11-16(15)18-8-2/h13-16,18H,7-12H2,1-6H3. The van der Waals surface area contributed by atoms with Crippen molar-refractivity contribution in [1.29, 1.82) is 0 Å². The highest BCUT2D eigenvalue weighted by Gasteiger charge is 2.38. The molecule has 4 atom stereocenters. The summed E-state index contributed by atoms with van der Waals surface area (Å²) in [6.07, 6.45) is 6.92. The highest BCUT2D eigenvalue weighted by atomic mass is 14.9. The summed E-state index contributed by atoms with van der Waals surface area (Å²) in [5.74, 6) is 2.63. The van der Waals surface area contributed by atoms with Gasteiger partial charge in [-0.1, -0.05) is 54.4 Å². The molecule has 1 aliphatic carbocycles. The molecule has 1 aliphatic rings. The molecule has 0 saturated heterocycles. The zero-order valence-electron chi connectivity index (χ0n) is 13.6. The lowest BCUT2D eigenvalue weighted by Crippen LogP contribution is -2.47. The Bertz CT molecular complexity index is 234. The van der Waals surface area contributed by atoms with Gasteiger partial charge in [-0.2, -0.15) is 0 Å². The SMILES string of the molecule is CCNC1CC(C)CCC1C(C)(C)CC(C)CC. The lowest BCUT2D eigenvalue weighted by Gasteiger charge is -2.45. The fourth-order valence-corrected chi connectivity index (χ4v) is 4.00. The van der Waals surface area contributed by atoms with Gasteiger partial charge in [-0.3, -0.25) is 0 Å². The largest absolute Gasteiger partial charge is 0.314 e. The van der Waals surface area contributed by atoms with Gasteiger partial charge in [-0.25, -0.2) is 0 Å². The summed E-state index contributed by atoms with van der Waals surface area (Å²) in [4.78, 5) is 0. The fourth-order valence-electron chi connectivity index (χ4n) is 4.00. The maximum atomic E-state index is 3.76. The third kappa shape index (κ3) is 4.26. The van der Waals surface area contributed by atoms with Crippen molar-refractivity contribution in [2.75, 3.05) is 6.54 Å². The second-order valence-corrected chi connectivity index (χ2v) is 7.40. The monoisotopic (exact) mass is 253 g/mol. The van der Waals surface area contributed by atoms with Gasteiger partial charge in [-0.05, 0) is 49.0 Å². The Kier molecular flexibility index (Phi) is 6.17. The van der Waals surface area contributed by atoms with Crippen LogP contribution in [0.15, 0.2) is 0 Å². The molecule has 1 rings (SSSR count). The molecule has 1 saturated carbocycles. The number of nitrogens with one attached hydrogen (secondary N) is 1. The van der Waals surface area contributed by atoms with Gasteiger partial charge in [0, 0.05) is 6.04 Å². The first-order valence-electron chi connectivity index (χ1n) is 8.14. The lowest BCUT2D eigenvalue weighted by atomic mass is 9.63. The van der Waals surface area contributed by atoms with E-state index in [0.717, 1.165) is 30.3 Å². The van der Waals surface area contributed by atoms with Gasteiger partial charge >= 0.3 is 0 Å². The Morgan fingerprint density at radius 2 is 1.89 bits per heavy atom. The zero-order valence-corrected chi connectivity index (χ0v) is 13.6. The first kappa shape index (κ1) is 16.0. The van der Waals surface area contributed by atoms with Gasteiger partial charge in [-0.15, -0.1) is 0 Å². The van der Waals surface area contributed by atoms with Gasteiger partial charge in [0.1, 0.15) is 0 Å². The van der Waals surface area contributed by atoms with Gasteiger partial charge in [0.15, 0.2) is 0 Å². The molecule has 0 aromatic carbocycles. The molecule has 0 spiro atoms. The molecular weight excluding hydrogens is 218 g/mol. The highest BCUT2D eigenvalue weighted by molar-refractivity contribution is 4.92. The molecule has 0 aromatic heterocycles. The first-order chi connectivity index (χ1) is 8.40. The van der Waals surface area contributed by atoms with E-state index in [1.165, 1.54) is 32.1 Å². The van der Waals surface area contributed by atoms with E-state index in [-0.39, 0.29) is 0 Å². The molecule has 0 aromatic rings. The van der Waals surface area contributed by atoms with Crippen molar-refractivity contribution in [1.82, 2.24) is 5.32 Å². The van der Waals surface area contributed by atoms with Crippen LogP contribution in [0.4, 0.5) is 0 Å². The summed E-state index contributed by atoms with van der Waals surface area (Å²) in [5.41, 5.74) is 0.488. The lowest BCUT2D eigenvalue weighted by molar-refractivity contribution is 0.0741. The summed E-state index contributed by atoms with van der Waals surface area (Å²) in [5, 5.41) is 3.76. The van der Waals surface area contributed by atoms with E-state index in [0.29, 0.717) is 5.41 Å². The Hall–Kier alpha value is -0.0400. The third-order valence-corrected chi connectivity index (χ3v) is 5.15. The van der Waals surface area contributed by atoms with Crippen LogP contribution in [-0.4, -0.2) is 12.6 Å². The Balaban J connectivity index is 2.70. The predicted molar refractivity (Wildman–Crippen MR) is 81.8 cm³/mol. The normalized spacial score (nSPS) is 31.3. The van der Waals surface area contributed by atoms with Crippen LogP contribution in [0.5, 0.6) is 0 Å². The number of hydrogen-bond donors (Lipinski definition) is 1. The van der Waals surface area contributed by atoms with Crippen molar-refractivity contribution in [3.05, 3.63) is 0 Å². The van der Waals surface area contributed by atoms with Crippen molar-refractivity contribution in [2.45, 2.75) is 79.7 Å². The van der Waals surface area contributed by atoms with Crippen LogP contribution in [-0.2, 0) is 0 Å². The molecular formula is C17H35N. The smallest absolute Gasteiger partial charge is 0.0103 e.